The Hall–Kier alpha value is -3.69. The van der Waals surface area contributed by atoms with Crippen molar-refractivity contribution in [2.75, 3.05) is 37.4 Å². The number of likely N-dealkylation sites (tertiary alicyclic amines) is 1. The molecule has 2 N–H and O–H groups in total. The number of hydrogen-bond acceptors (Lipinski definition) is 7. The summed E-state index contributed by atoms with van der Waals surface area (Å²) in [6.07, 6.45) is 3.15. The van der Waals surface area contributed by atoms with Crippen molar-refractivity contribution in [2.45, 2.75) is 32.1 Å². The Bertz CT molecular complexity index is 1080. The summed E-state index contributed by atoms with van der Waals surface area (Å²) in [4.78, 5) is 25.9. The van der Waals surface area contributed by atoms with Crippen molar-refractivity contribution < 1.29 is 14.3 Å². The molecule has 2 aromatic heterocycles. The van der Waals surface area contributed by atoms with Crippen molar-refractivity contribution in [1.29, 1.82) is 0 Å². The Balaban J connectivity index is 1.28. The Kier molecular flexibility index (Phi) is 6.78. The lowest BCUT2D eigenvalue weighted by Gasteiger charge is -2.15. The van der Waals surface area contributed by atoms with Crippen molar-refractivity contribution in [3.63, 3.8) is 0 Å². The average Bonchev–Trinajstić information content (AvgIpc) is 3.41. The lowest BCUT2D eigenvalue weighted by Crippen LogP contribution is -2.27. The summed E-state index contributed by atoms with van der Waals surface area (Å²) in [5, 5.41) is 19.0. The van der Waals surface area contributed by atoms with E-state index in [0.29, 0.717) is 42.4 Å². The summed E-state index contributed by atoms with van der Waals surface area (Å²) < 4.78 is 6.78. The fourth-order valence-electron chi connectivity index (χ4n) is 3.63. The molecule has 1 saturated heterocycles. The summed E-state index contributed by atoms with van der Waals surface area (Å²) >= 11 is 0. The van der Waals surface area contributed by atoms with E-state index in [1.807, 2.05) is 17.0 Å². The van der Waals surface area contributed by atoms with E-state index in [4.69, 9.17) is 4.74 Å². The monoisotopic (exact) mass is 437 g/mol. The fraction of sp³-hybridized carbons (Fsp3) is 0.409. The topological polar surface area (TPSA) is 114 Å². The van der Waals surface area contributed by atoms with Crippen LogP contribution in [0.25, 0.3) is 5.65 Å². The molecule has 10 heteroatoms. The van der Waals surface area contributed by atoms with Crippen molar-refractivity contribution >= 4 is 29.0 Å². The average molecular weight is 438 g/mol. The first-order valence-corrected chi connectivity index (χ1v) is 10.8. The number of carbonyl (C=O) groups excluding carboxylic acids is 2. The highest BCUT2D eigenvalue weighted by atomic mass is 16.5. The number of hydrogen-bond donors (Lipinski definition) is 2. The van der Waals surface area contributed by atoms with E-state index in [-0.39, 0.29) is 18.2 Å². The van der Waals surface area contributed by atoms with Crippen LogP contribution >= 0.6 is 0 Å². The minimum absolute atomic E-state index is 0.113. The molecule has 0 aliphatic carbocycles. The SMILES string of the molecule is COc1ccc(NC(=O)CCc2nnc3ccc(NCCCN4CCCC4=O)nn23)cc1. The van der Waals surface area contributed by atoms with Crippen LogP contribution in [0.5, 0.6) is 5.75 Å². The smallest absolute Gasteiger partial charge is 0.224 e. The highest BCUT2D eigenvalue weighted by Gasteiger charge is 2.19. The first-order valence-electron chi connectivity index (χ1n) is 10.8. The maximum atomic E-state index is 12.3. The number of anilines is 2. The van der Waals surface area contributed by atoms with Gasteiger partial charge < -0.3 is 20.3 Å². The zero-order valence-electron chi connectivity index (χ0n) is 18.1. The molecule has 3 heterocycles. The number of nitrogens with one attached hydrogen (secondary N) is 2. The van der Waals surface area contributed by atoms with Crippen LogP contribution in [0.4, 0.5) is 11.5 Å². The van der Waals surface area contributed by atoms with Gasteiger partial charge >= 0.3 is 0 Å². The first-order chi connectivity index (χ1) is 15.6. The van der Waals surface area contributed by atoms with Crippen LogP contribution < -0.4 is 15.4 Å². The fourth-order valence-corrected chi connectivity index (χ4v) is 3.63. The molecule has 3 aromatic rings. The number of benzene rings is 1. The van der Waals surface area contributed by atoms with E-state index >= 15 is 0 Å². The van der Waals surface area contributed by atoms with Crippen LogP contribution in [0, 0.1) is 0 Å². The van der Waals surface area contributed by atoms with E-state index in [0.717, 1.165) is 31.7 Å². The number of fused-ring (bicyclic) bond motifs is 1. The molecule has 168 valence electrons. The van der Waals surface area contributed by atoms with Gasteiger partial charge in [0.05, 0.1) is 7.11 Å². The minimum Gasteiger partial charge on any atom is -0.497 e. The van der Waals surface area contributed by atoms with E-state index in [9.17, 15) is 9.59 Å². The molecular weight excluding hydrogens is 410 g/mol. The first kappa shape index (κ1) is 21.5. The van der Waals surface area contributed by atoms with Gasteiger partial charge in [-0.15, -0.1) is 15.3 Å². The largest absolute Gasteiger partial charge is 0.497 e. The predicted octanol–water partition coefficient (Wildman–Crippen LogP) is 2.13. The highest BCUT2D eigenvalue weighted by Crippen LogP contribution is 2.16. The molecule has 1 aliphatic rings. The van der Waals surface area contributed by atoms with Crippen LogP contribution in [0.3, 0.4) is 0 Å². The Morgan fingerprint density at radius 3 is 2.75 bits per heavy atom. The third-order valence-corrected chi connectivity index (χ3v) is 5.36. The number of rotatable bonds is 10. The van der Waals surface area contributed by atoms with Gasteiger partial charge in [-0.2, -0.15) is 4.52 Å². The molecular formula is C22H27N7O3. The van der Waals surface area contributed by atoms with Crippen LogP contribution in [-0.4, -0.2) is 63.3 Å². The standard InChI is InChI=1S/C22H27N7O3/c1-32-17-7-5-16(6-8-17)24-21(30)12-11-20-26-25-19-10-9-18(27-29(19)20)23-13-3-15-28-14-2-4-22(28)31/h5-10H,2-4,11-15H2,1H3,(H,23,27)(H,24,30). The lowest BCUT2D eigenvalue weighted by molar-refractivity contribution is -0.127. The number of ether oxygens (including phenoxy) is 1. The molecule has 32 heavy (non-hydrogen) atoms. The molecule has 1 aromatic carbocycles. The molecule has 10 nitrogen and oxygen atoms in total. The molecule has 1 aliphatic heterocycles. The van der Waals surface area contributed by atoms with Gasteiger partial charge in [0, 0.05) is 44.6 Å². The van der Waals surface area contributed by atoms with Gasteiger partial charge in [0.1, 0.15) is 11.6 Å². The van der Waals surface area contributed by atoms with Gasteiger partial charge in [-0.1, -0.05) is 0 Å². The van der Waals surface area contributed by atoms with E-state index in [1.54, 1.807) is 35.9 Å². The number of aromatic nitrogens is 4. The van der Waals surface area contributed by atoms with Crippen molar-refractivity contribution in [1.82, 2.24) is 24.7 Å². The third-order valence-electron chi connectivity index (χ3n) is 5.36. The zero-order valence-corrected chi connectivity index (χ0v) is 18.1. The number of methoxy groups -OCH3 is 1. The van der Waals surface area contributed by atoms with Crippen LogP contribution in [0.1, 0.15) is 31.5 Å². The number of aryl methyl sites for hydroxylation is 1. The van der Waals surface area contributed by atoms with Gasteiger partial charge in [-0.05, 0) is 49.2 Å². The quantitative estimate of drug-likeness (QED) is 0.467. The van der Waals surface area contributed by atoms with E-state index < -0.39 is 0 Å². The van der Waals surface area contributed by atoms with Crippen molar-refractivity contribution in [2.24, 2.45) is 0 Å². The van der Waals surface area contributed by atoms with Gasteiger partial charge in [0.15, 0.2) is 11.5 Å². The molecule has 0 bridgehead atoms. The summed E-state index contributed by atoms with van der Waals surface area (Å²) in [5.74, 6) is 2.19. The highest BCUT2D eigenvalue weighted by molar-refractivity contribution is 5.90. The second-order valence-electron chi connectivity index (χ2n) is 7.65. The zero-order chi connectivity index (χ0) is 22.3. The molecule has 0 saturated carbocycles. The van der Waals surface area contributed by atoms with Gasteiger partial charge in [-0.3, -0.25) is 9.59 Å². The van der Waals surface area contributed by atoms with E-state index in [2.05, 4.69) is 25.9 Å². The van der Waals surface area contributed by atoms with Crippen molar-refractivity contribution in [3.05, 3.63) is 42.2 Å². The minimum atomic E-state index is -0.113. The maximum absolute atomic E-state index is 12.3. The molecule has 4 rings (SSSR count). The Morgan fingerprint density at radius 1 is 1.16 bits per heavy atom. The van der Waals surface area contributed by atoms with Gasteiger partial charge in [-0.25, -0.2) is 0 Å². The summed E-state index contributed by atoms with van der Waals surface area (Å²) in [6, 6.07) is 10.9. The van der Waals surface area contributed by atoms with Crippen LogP contribution in [0.2, 0.25) is 0 Å². The number of amides is 2. The normalized spacial score (nSPS) is 13.5. The Morgan fingerprint density at radius 2 is 2.00 bits per heavy atom. The lowest BCUT2D eigenvalue weighted by atomic mass is 10.2. The molecule has 0 unspecified atom stereocenters. The maximum Gasteiger partial charge on any atom is 0.224 e. The predicted molar refractivity (Wildman–Crippen MR) is 120 cm³/mol. The molecule has 0 spiro atoms. The summed E-state index contributed by atoms with van der Waals surface area (Å²) in [6.45, 7) is 2.33. The van der Waals surface area contributed by atoms with Crippen LogP contribution in [0.15, 0.2) is 36.4 Å². The van der Waals surface area contributed by atoms with Gasteiger partial charge in [0.25, 0.3) is 0 Å². The number of nitrogens with zero attached hydrogens (tertiary/aromatic N) is 5. The van der Waals surface area contributed by atoms with E-state index in [1.165, 1.54) is 0 Å². The second-order valence-corrected chi connectivity index (χ2v) is 7.65. The molecule has 1 fully saturated rings. The van der Waals surface area contributed by atoms with Gasteiger partial charge in [0.2, 0.25) is 11.8 Å². The van der Waals surface area contributed by atoms with Crippen molar-refractivity contribution in [3.8, 4) is 5.75 Å². The molecule has 0 radical (unpaired) electrons. The molecule has 0 atom stereocenters. The molecule has 2 amide bonds. The second kappa shape index (κ2) is 10.1. The Labute approximate surface area is 186 Å². The third kappa shape index (κ3) is 5.32. The summed E-state index contributed by atoms with van der Waals surface area (Å²) in [7, 11) is 1.60. The number of carbonyl (C=O) groups is 2. The van der Waals surface area contributed by atoms with Crippen LogP contribution in [-0.2, 0) is 16.0 Å². The summed E-state index contributed by atoms with van der Waals surface area (Å²) in [5.41, 5.74) is 1.34.